The minimum absolute atomic E-state index is 0.0773. The molecule has 2 aromatic rings. The van der Waals surface area contributed by atoms with Crippen molar-refractivity contribution < 1.29 is 14.3 Å². The van der Waals surface area contributed by atoms with E-state index in [2.05, 4.69) is 16.3 Å². The van der Waals surface area contributed by atoms with Crippen LogP contribution < -0.4 is 0 Å². The number of nitrogens with zero attached hydrogens (tertiary/aromatic N) is 1. The summed E-state index contributed by atoms with van der Waals surface area (Å²) in [4.78, 5) is 14.7. The van der Waals surface area contributed by atoms with Crippen LogP contribution in [0.3, 0.4) is 0 Å². The van der Waals surface area contributed by atoms with Gasteiger partial charge in [0.15, 0.2) is 0 Å². The van der Waals surface area contributed by atoms with Gasteiger partial charge in [-0.15, -0.1) is 11.3 Å². The highest BCUT2D eigenvalue weighted by Crippen LogP contribution is 2.36. The molecule has 0 spiro atoms. The molecule has 1 N–H and O–H groups in total. The van der Waals surface area contributed by atoms with E-state index in [1.165, 1.54) is 11.6 Å². The summed E-state index contributed by atoms with van der Waals surface area (Å²) in [7, 11) is 0. The van der Waals surface area contributed by atoms with E-state index in [0.717, 1.165) is 23.4 Å². The van der Waals surface area contributed by atoms with Crippen molar-refractivity contribution in [3.05, 3.63) is 57.5 Å². The van der Waals surface area contributed by atoms with Crippen LogP contribution >= 0.6 is 11.3 Å². The highest BCUT2D eigenvalue weighted by Gasteiger charge is 2.32. The summed E-state index contributed by atoms with van der Waals surface area (Å²) >= 11 is 1.65. The zero-order valence-electron chi connectivity index (χ0n) is 13.0. The molecule has 1 aromatic carbocycles. The Bertz CT molecular complexity index is 700. The van der Waals surface area contributed by atoms with E-state index >= 15 is 0 Å². The zero-order valence-corrected chi connectivity index (χ0v) is 13.9. The summed E-state index contributed by atoms with van der Waals surface area (Å²) in [6.45, 7) is 3.38. The number of carbonyl (C=O) groups is 1. The van der Waals surface area contributed by atoms with Gasteiger partial charge in [0, 0.05) is 11.4 Å². The van der Waals surface area contributed by atoms with Crippen LogP contribution in [0.25, 0.3) is 0 Å². The van der Waals surface area contributed by atoms with E-state index < -0.39 is 5.97 Å². The van der Waals surface area contributed by atoms with Crippen molar-refractivity contribution in [2.75, 3.05) is 13.1 Å². The standard InChI is InChI=1S/C18H20FNO2S/c1-12-8-16(23-11-12)17(13-4-2-6-15(19)9-13)20-7-3-5-14(10-20)18(21)22/h2,4,6,8-9,11,14,17H,3,5,7,10H2,1H3,(H,21,22). The average Bonchev–Trinajstić information content (AvgIpc) is 2.94. The molecular weight excluding hydrogens is 313 g/mol. The Labute approximate surface area is 139 Å². The van der Waals surface area contributed by atoms with Crippen molar-refractivity contribution in [3.8, 4) is 0 Å². The van der Waals surface area contributed by atoms with Crippen LogP contribution in [0.15, 0.2) is 35.7 Å². The zero-order chi connectivity index (χ0) is 16.4. The molecule has 2 heterocycles. The quantitative estimate of drug-likeness (QED) is 0.916. The number of halogens is 1. The summed E-state index contributed by atoms with van der Waals surface area (Å²) in [5.74, 6) is -1.34. The van der Waals surface area contributed by atoms with Gasteiger partial charge in [-0.05, 0) is 61.0 Å². The first-order chi connectivity index (χ1) is 11.0. The molecule has 3 nitrogen and oxygen atoms in total. The Morgan fingerprint density at radius 2 is 2.26 bits per heavy atom. The van der Waals surface area contributed by atoms with Crippen LogP contribution in [0, 0.1) is 18.7 Å². The van der Waals surface area contributed by atoms with Crippen LogP contribution in [-0.2, 0) is 4.79 Å². The maximum atomic E-state index is 13.7. The molecule has 1 aromatic heterocycles. The smallest absolute Gasteiger partial charge is 0.307 e. The number of aryl methyl sites for hydroxylation is 1. The predicted molar refractivity (Wildman–Crippen MR) is 89.2 cm³/mol. The van der Waals surface area contributed by atoms with E-state index in [0.29, 0.717) is 13.0 Å². The molecular formula is C18H20FNO2S. The SMILES string of the molecule is Cc1csc(C(c2cccc(F)c2)N2CCCC(C(=O)O)C2)c1. The molecule has 1 fully saturated rings. The van der Waals surface area contributed by atoms with Gasteiger partial charge in [-0.25, -0.2) is 4.39 Å². The minimum Gasteiger partial charge on any atom is -0.481 e. The molecule has 1 saturated heterocycles. The molecule has 122 valence electrons. The van der Waals surface area contributed by atoms with Crippen LogP contribution in [0.1, 0.15) is 34.9 Å². The fraction of sp³-hybridized carbons (Fsp3) is 0.389. The van der Waals surface area contributed by atoms with Gasteiger partial charge in [0.1, 0.15) is 5.82 Å². The van der Waals surface area contributed by atoms with Crippen LogP contribution in [0.5, 0.6) is 0 Å². The lowest BCUT2D eigenvalue weighted by molar-refractivity contribution is -0.143. The largest absolute Gasteiger partial charge is 0.481 e. The highest BCUT2D eigenvalue weighted by atomic mass is 32.1. The third-order valence-corrected chi connectivity index (χ3v) is 5.45. The van der Waals surface area contributed by atoms with Crippen LogP contribution in [0.2, 0.25) is 0 Å². The summed E-state index contributed by atoms with van der Waals surface area (Å²) in [5.41, 5.74) is 2.07. The maximum Gasteiger partial charge on any atom is 0.307 e. The second-order valence-corrected chi connectivity index (χ2v) is 7.10. The molecule has 2 unspecified atom stereocenters. The van der Waals surface area contributed by atoms with Crippen molar-refractivity contribution in [3.63, 3.8) is 0 Å². The van der Waals surface area contributed by atoms with Crippen molar-refractivity contribution >= 4 is 17.3 Å². The van der Waals surface area contributed by atoms with E-state index in [1.807, 2.05) is 13.0 Å². The van der Waals surface area contributed by atoms with E-state index in [-0.39, 0.29) is 17.8 Å². The van der Waals surface area contributed by atoms with E-state index in [9.17, 15) is 14.3 Å². The minimum atomic E-state index is -0.741. The van der Waals surface area contributed by atoms with Gasteiger partial charge in [-0.2, -0.15) is 0 Å². The van der Waals surface area contributed by atoms with Crippen LogP contribution in [0.4, 0.5) is 4.39 Å². The van der Waals surface area contributed by atoms with Gasteiger partial charge >= 0.3 is 5.97 Å². The molecule has 0 bridgehead atoms. The topological polar surface area (TPSA) is 40.5 Å². The number of hydrogen-bond donors (Lipinski definition) is 1. The molecule has 5 heteroatoms. The Hall–Kier alpha value is -1.72. The van der Waals surface area contributed by atoms with Gasteiger partial charge in [0.05, 0.1) is 12.0 Å². The summed E-state index contributed by atoms with van der Waals surface area (Å²) in [6, 6.07) is 8.68. The average molecular weight is 333 g/mol. The number of carboxylic acids is 1. The first kappa shape index (κ1) is 16.1. The van der Waals surface area contributed by atoms with E-state index in [4.69, 9.17) is 0 Å². The lowest BCUT2D eigenvalue weighted by Crippen LogP contribution is -2.41. The maximum absolute atomic E-state index is 13.7. The normalized spacial score (nSPS) is 20.3. The lowest BCUT2D eigenvalue weighted by Gasteiger charge is -2.37. The fourth-order valence-electron chi connectivity index (χ4n) is 3.27. The first-order valence-corrected chi connectivity index (χ1v) is 8.70. The molecule has 0 aliphatic carbocycles. The second-order valence-electron chi connectivity index (χ2n) is 6.16. The first-order valence-electron chi connectivity index (χ1n) is 7.82. The van der Waals surface area contributed by atoms with Gasteiger partial charge in [-0.3, -0.25) is 9.69 Å². The molecule has 2 atom stereocenters. The number of aliphatic carboxylic acids is 1. The number of hydrogen-bond acceptors (Lipinski definition) is 3. The van der Waals surface area contributed by atoms with Gasteiger partial charge < -0.3 is 5.11 Å². The number of carboxylic acid groups (broad SMARTS) is 1. The summed E-state index contributed by atoms with van der Waals surface area (Å²) in [6.07, 6.45) is 1.57. The number of piperidine rings is 1. The fourth-order valence-corrected chi connectivity index (χ4v) is 4.33. The van der Waals surface area contributed by atoms with Gasteiger partial charge in [0.2, 0.25) is 0 Å². The molecule has 1 aliphatic heterocycles. The molecule has 0 saturated carbocycles. The molecule has 0 amide bonds. The predicted octanol–water partition coefficient (Wildman–Crippen LogP) is 4.08. The van der Waals surface area contributed by atoms with Crippen molar-refractivity contribution in [2.45, 2.75) is 25.8 Å². The lowest BCUT2D eigenvalue weighted by atomic mass is 9.94. The van der Waals surface area contributed by atoms with Gasteiger partial charge in [0.25, 0.3) is 0 Å². The molecule has 23 heavy (non-hydrogen) atoms. The molecule has 3 rings (SSSR count). The monoisotopic (exact) mass is 333 g/mol. The van der Waals surface area contributed by atoms with Crippen molar-refractivity contribution in [2.24, 2.45) is 5.92 Å². The molecule has 0 radical (unpaired) electrons. The summed E-state index contributed by atoms with van der Waals surface area (Å²) < 4.78 is 13.7. The third kappa shape index (κ3) is 3.62. The Morgan fingerprint density at radius 1 is 1.43 bits per heavy atom. The van der Waals surface area contributed by atoms with Gasteiger partial charge in [-0.1, -0.05) is 12.1 Å². The summed E-state index contributed by atoms with van der Waals surface area (Å²) in [5, 5.41) is 11.4. The third-order valence-electron chi connectivity index (χ3n) is 4.35. The Balaban J connectivity index is 1.96. The molecule has 1 aliphatic rings. The van der Waals surface area contributed by atoms with Crippen molar-refractivity contribution in [1.29, 1.82) is 0 Å². The Morgan fingerprint density at radius 3 is 2.91 bits per heavy atom. The highest BCUT2D eigenvalue weighted by molar-refractivity contribution is 7.10. The second kappa shape index (κ2) is 6.81. The number of rotatable bonds is 4. The van der Waals surface area contributed by atoms with Crippen molar-refractivity contribution in [1.82, 2.24) is 4.90 Å². The van der Waals surface area contributed by atoms with E-state index in [1.54, 1.807) is 23.5 Å². The number of likely N-dealkylation sites (tertiary alicyclic amines) is 1. The number of benzene rings is 1. The number of thiophene rings is 1. The van der Waals surface area contributed by atoms with Crippen LogP contribution in [-0.4, -0.2) is 29.1 Å². The Kier molecular flexibility index (Phi) is 4.78.